The molecule has 0 aliphatic carbocycles. The monoisotopic (exact) mass is 268 g/mol. The molecule has 2 rings (SSSR count). The van der Waals surface area contributed by atoms with E-state index in [0.717, 1.165) is 5.69 Å². The minimum atomic E-state index is 0.252. The maximum atomic E-state index is 5.91. The van der Waals surface area contributed by atoms with Gasteiger partial charge >= 0.3 is 0 Å². The van der Waals surface area contributed by atoms with E-state index in [1.54, 1.807) is 18.3 Å². The molecular weight excluding hydrogens is 259 g/mol. The molecular formula is C12H10Cl2N2O. The lowest BCUT2D eigenvalue weighted by Crippen LogP contribution is -1.93. The van der Waals surface area contributed by atoms with Crippen molar-refractivity contribution in [2.75, 3.05) is 0 Å². The van der Waals surface area contributed by atoms with E-state index < -0.39 is 0 Å². The first kappa shape index (κ1) is 12.1. The number of aryl methyl sites for hydroxylation is 1. The van der Waals surface area contributed by atoms with E-state index in [-0.39, 0.29) is 5.88 Å². The van der Waals surface area contributed by atoms with E-state index in [2.05, 4.69) is 9.97 Å². The van der Waals surface area contributed by atoms with Crippen molar-refractivity contribution in [3.05, 3.63) is 46.9 Å². The van der Waals surface area contributed by atoms with E-state index in [4.69, 9.17) is 27.9 Å². The van der Waals surface area contributed by atoms with E-state index in [9.17, 15) is 0 Å². The standard InChI is InChI=1S/C12H10Cl2N2O/c1-8-2-3-9(7-15-8)17-12-5-4-10(14)11(6-13)16-12/h2-5,7H,6H2,1H3. The Kier molecular flexibility index (Phi) is 3.82. The van der Waals surface area contributed by atoms with Gasteiger partial charge in [-0.3, -0.25) is 4.98 Å². The average Bonchev–Trinajstić information content (AvgIpc) is 2.34. The molecule has 0 saturated heterocycles. The third kappa shape index (κ3) is 3.08. The molecule has 5 heteroatoms. The zero-order valence-corrected chi connectivity index (χ0v) is 10.7. The molecule has 0 spiro atoms. The molecule has 0 aromatic carbocycles. The highest BCUT2D eigenvalue weighted by molar-refractivity contribution is 6.32. The number of halogens is 2. The molecule has 0 radical (unpaired) electrons. The van der Waals surface area contributed by atoms with Crippen LogP contribution in [0, 0.1) is 6.92 Å². The molecule has 0 aliphatic heterocycles. The van der Waals surface area contributed by atoms with Crippen molar-refractivity contribution in [2.45, 2.75) is 12.8 Å². The minimum absolute atomic E-state index is 0.252. The van der Waals surface area contributed by atoms with Gasteiger partial charge in [0.2, 0.25) is 5.88 Å². The first-order valence-electron chi connectivity index (χ1n) is 5.01. The smallest absolute Gasteiger partial charge is 0.219 e. The fourth-order valence-corrected chi connectivity index (χ4v) is 1.69. The highest BCUT2D eigenvalue weighted by Gasteiger charge is 2.04. The summed E-state index contributed by atoms with van der Waals surface area (Å²) in [5, 5.41) is 0.536. The van der Waals surface area contributed by atoms with E-state index in [1.807, 2.05) is 19.1 Å². The van der Waals surface area contributed by atoms with E-state index >= 15 is 0 Å². The number of hydrogen-bond acceptors (Lipinski definition) is 3. The van der Waals surface area contributed by atoms with Crippen LogP contribution in [-0.4, -0.2) is 9.97 Å². The second-order valence-corrected chi connectivity index (χ2v) is 4.12. The van der Waals surface area contributed by atoms with Gasteiger partial charge in [-0.15, -0.1) is 11.6 Å². The molecule has 0 bridgehead atoms. The quantitative estimate of drug-likeness (QED) is 0.791. The zero-order chi connectivity index (χ0) is 12.3. The number of aromatic nitrogens is 2. The van der Waals surface area contributed by atoms with Crippen LogP contribution in [0.4, 0.5) is 0 Å². The van der Waals surface area contributed by atoms with Gasteiger partial charge in [-0.25, -0.2) is 4.98 Å². The fraction of sp³-hybridized carbons (Fsp3) is 0.167. The summed E-state index contributed by atoms with van der Waals surface area (Å²) in [7, 11) is 0. The highest BCUT2D eigenvalue weighted by atomic mass is 35.5. The van der Waals surface area contributed by atoms with Gasteiger partial charge in [0.1, 0.15) is 5.75 Å². The Hall–Kier alpha value is -1.32. The molecule has 2 aromatic heterocycles. The molecule has 0 aliphatic rings. The molecule has 2 aromatic rings. The molecule has 0 atom stereocenters. The van der Waals surface area contributed by atoms with Gasteiger partial charge in [0, 0.05) is 11.8 Å². The van der Waals surface area contributed by atoms with Crippen molar-refractivity contribution in [1.82, 2.24) is 9.97 Å². The summed E-state index contributed by atoms with van der Waals surface area (Å²) < 4.78 is 5.54. The number of hydrogen-bond donors (Lipinski definition) is 0. The Morgan fingerprint density at radius 2 is 2.06 bits per heavy atom. The molecule has 17 heavy (non-hydrogen) atoms. The van der Waals surface area contributed by atoms with Crippen LogP contribution in [0.25, 0.3) is 0 Å². The number of nitrogens with zero attached hydrogens (tertiary/aromatic N) is 2. The van der Waals surface area contributed by atoms with Crippen LogP contribution in [-0.2, 0) is 5.88 Å². The Balaban J connectivity index is 2.21. The predicted octanol–water partition coefficient (Wildman–Crippen LogP) is 3.97. The third-order valence-corrected chi connectivity index (χ3v) is 2.72. The normalized spacial score (nSPS) is 10.3. The molecule has 0 N–H and O–H groups in total. The predicted molar refractivity (Wildman–Crippen MR) is 67.9 cm³/mol. The van der Waals surface area contributed by atoms with Crippen LogP contribution in [0.3, 0.4) is 0 Å². The van der Waals surface area contributed by atoms with Crippen molar-refractivity contribution >= 4 is 23.2 Å². The zero-order valence-electron chi connectivity index (χ0n) is 9.15. The van der Waals surface area contributed by atoms with Crippen molar-refractivity contribution in [2.24, 2.45) is 0 Å². The topological polar surface area (TPSA) is 35.0 Å². The minimum Gasteiger partial charge on any atom is -0.437 e. The summed E-state index contributed by atoms with van der Waals surface area (Å²) in [6.07, 6.45) is 1.64. The van der Waals surface area contributed by atoms with Crippen molar-refractivity contribution in [3.8, 4) is 11.6 Å². The van der Waals surface area contributed by atoms with Gasteiger partial charge in [0.15, 0.2) is 0 Å². The molecule has 3 nitrogen and oxygen atoms in total. The summed E-state index contributed by atoms with van der Waals surface area (Å²) in [5.74, 6) is 1.34. The van der Waals surface area contributed by atoms with Gasteiger partial charge < -0.3 is 4.74 Å². The van der Waals surface area contributed by atoms with Crippen LogP contribution >= 0.6 is 23.2 Å². The van der Waals surface area contributed by atoms with Crippen LogP contribution < -0.4 is 4.74 Å². The lowest BCUT2D eigenvalue weighted by molar-refractivity contribution is 0.459. The van der Waals surface area contributed by atoms with Gasteiger partial charge in [-0.2, -0.15) is 0 Å². The largest absolute Gasteiger partial charge is 0.437 e. The Labute approximate surface area is 109 Å². The summed E-state index contributed by atoms with van der Waals surface area (Å²) in [6, 6.07) is 7.11. The van der Waals surface area contributed by atoms with Crippen molar-refractivity contribution in [1.29, 1.82) is 0 Å². The maximum Gasteiger partial charge on any atom is 0.219 e. The molecule has 0 saturated carbocycles. The van der Waals surface area contributed by atoms with Crippen LogP contribution in [0.2, 0.25) is 5.02 Å². The summed E-state index contributed by atoms with van der Waals surface area (Å²) in [6.45, 7) is 1.91. The first-order valence-corrected chi connectivity index (χ1v) is 5.92. The van der Waals surface area contributed by atoms with Crippen LogP contribution in [0.15, 0.2) is 30.5 Å². The second-order valence-electron chi connectivity index (χ2n) is 3.45. The molecule has 0 unspecified atom stereocenters. The molecule has 88 valence electrons. The van der Waals surface area contributed by atoms with E-state index in [1.165, 1.54) is 0 Å². The summed E-state index contributed by atoms with van der Waals surface area (Å²) >= 11 is 11.6. The van der Waals surface area contributed by atoms with Crippen LogP contribution in [0.5, 0.6) is 11.6 Å². The van der Waals surface area contributed by atoms with Gasteiger partial charge in [0.05, 0.1) is 22.8 Å². The number of alkyl halides is 1. The summed E-state index contributed by atoms with van der Waals surface area (Å²) in [5.41, 5.74) is 1.54. The maximum absolute atomic E-state index is 5.91. The Morgan fingerprint density at radius 1 is 1.24 bits per heavy atom. The Bertz CT molecular complexity index is 514. The SMILES string of the molecule is Cc1ccc(Oc2ccc(Cl)c(CCl)n2)cn1. The fourth-order valence-electron chi connectivity index (χ4n) is 1.25. The third-order valence-electron chi connectivity index (χ3n) is 2.13. The summed E-state index contributed by atoms with van der Waals surface area (Å²) in [4.78, 5) is 8.33. The second kappa shape index (κ2) is 5.34. The van der Waals surface area contributed by atoms with E-state index in [0.29, 0.717) is 22.3 Å². The Morgan fingerprint density at radius 3 is 2.71 bits per heavy atom. The van der Waals surface area contributed by atoms with Gasteiger partial charge in [-0.1, -0.05) is 11.6 Å². The molecule has 0 amide bonds. The average molecular weight is 269 g/mol. The van der Waals surface area contributed by atoms with Gasteiger partial charge in [-0.05, 0) is 25.1 Å². The lowest BCUT2D eigenvalue weighted by atomic mass is 10.3. The van der Waals surface area contributed by atoms with Crippen molar-refractivity contribution in [3.63, 3.8) is 0 Å². The number of pyridine rings is 2. The molecule has 2 heterocycles. The van der Waals surface area contributed by atoms with Crippen LogP contribution in [0.1, 0.15) is 11.4 Å². The highest BCUT2D eigenvalue weighted by Crippen LogP contribution is 2.23. The molecule has 0 fully saturated rings. The number of rotatable bonds is 3. The first-order chi connectivity index (χ1) is 8.19. The van der Waals surface area contributed by atoms with Crippen molar-refractivity contribution < 1.29 is 4.74 Å². The van der Waals surface area contributed by atoms with Gasteiger partial charge in [0.25, 0.3) is 0 Å². The number of ether oxygens (including phenoxy) is 1. The lowest BCUT2D eigenvalue weighted by Gasteiger charge is -2.06.